The summed E-state index contributed by atoms with van der Waals surface area (Å²) in [4.78, 5) is 26.9. The molecule has 0 heterocycles. The molecule has 0 aliphatic heterocycles. The lowest BCUT2D eigenvalue weighted by molar-refractivity contribution is -0.170. The van der Waals surface area contributed by atoms with Crippen molar-refractivity contribution in [2.45, 2.75) is 6.29 Å². The average molecular weight is 200 g/mol. The maximum atomic E-state index is 10.4. The number of carbonyl (C=O) groups is 1. The molecule has 0 aromatic carbocycles. The molecule has 0 saturated heterocycles. The maximum absolute atomic E-state index is 10.4. The molecule has 0 aliphatic carbocycles. The lowest BCUT2D eigenvalue weighted by Crippen LogP contribution is -2.23. The summed E-state index contributed by atoms with van der Waals surface area (Å²) in [6.45, 7) is -0.813. The molecular weight excluding hydrogens is 191 g/mol. The predicted molar refractivity (Wildman–Crippen MR) is 36.1 cm³/mol. The van der Waals surface area contributed by atoms with Gasteiger partial charge in [0.25, 0.3) is 0 Å². The van der Waals surface area contributed by atoms with Gasteiger partial charge in [-0.15, -0.1) is 0 Å². The monoisotopic (exact) mass is 200 g/mol. The van der Waals surface area contributed by atoms with Crippen molar-refractivity contribution in [2.75, 3.05) is 12.8 Å². The Morgan fingerprint density at radius 2 is 2.00 bits per heavy atom. The Labute approximate surface area is 67.7 Å². The number of carbonyl (C=O) groups excluding carboxylic acids is 1. The highest BCUT2D eigenvalue weighted by molar-refractivity contribution is 7.52. The van der Waals surface area contributed by atoms with Crippen molar-refractivity contribution in [3.05, 3.63) is 0 Å². The number of hydrogen-bond acceptors (Lipinski definition) is 5. The van der Waals surface area contributed by atoms with Crippen LogP contribution in [0.15, 0.2) is 0 Å². The third-order valence-electron chi connectivity index (χ3n) is 0.759. The van der Waals surface area contributed by atoms with Crippen LogP contribution in [0.4, 0.5) is 0 Å². The van der Waals surface area contributed by atoms with Gasteiger partial charge in [-0.25, -0.2) is 0 Å². The van der Waals surface area contributed by atoms with Crippen LogP contribution in [-0.2, 0) is 14.1 Å². The molecular formula is C4H9O7P. The maximum Gasteiger partial charge on any atom is 0.336 e. The van der Waals surface area contributed by atoms with E-state index >= 15 is 0 Å². The Bertz CT molecular complexity index is 196. The van der Waals surface area contributed by atoms with Crippen molar-refractivity contribution in [3.63, 3.8) is 0 Å². The van der Waals surface area contributed by atoms with Crippen LogP contribution in [0, 0.1) is 0 Å². The van der Waals surface area contributed by atoms with E-state index in [1.807, 2.05) is 0 Å². The van der Waals surface area contributed by atoms with Crippen LogP contribution in [0.25, 0.3) is 0 Å². The second-order valence-electron chi connectivity index (χ2n) is 1.95. The van der Waals surface area contributed by atoms with Crippen LogP contribution < -0.4 is 0 Å². The summed E-state index contributed by atoms with van der Waals surface area (Å²) in [7, 11) is -4.46. The van der Waals surface area contributed by atoms with Gasteiger partial charge in [-0.3, -0.25) is 9.36 Å². The van der Waals surface area contributed by atoms with Crippen LogP contribution >= 0.6 is 7.60 Å². The number of esters is 1. The van der Waals surface area contributed by atoms with E-state index < -0.39 is 32.6 Å². The van der Waals surface area contributed by atoms with Gasteiger partial charge in [0.15, 0.2) is 0 Å². The van der Waals surface area contributed by atoms with Crippen LogP contribution in [0.3, 0.4) is 0 Å². The van der Waals surface area contributed by atoms with Gasteiger partial charge in [0.1, 0.15) is 12.8 Å². The summed E-state index contributed by atoms with van der Waals surface area (Å²) >= 11 is 0. The van der Waals surface area contributed by atoms with E-state index in [9.17, 15) is 9.36 Å². The molecule has 0 radical (unpaired) electrons. The minimum atomic E-state index is -4.46. The molecule has 72 valence electrons. The van der Waals surface area contributed by atoms with Gasteiger partial charge in [-0.1, -0.05) is 0 Å². The van der Waals surface area contributed by atoms with E-state index in [4.69, 9.17) is 20.0 Å². The van der Waals surface area contributed by atoms with Crippen molar-refractivity contribution in [3.8, 4) is 0 Å². The molecule has 4 N–H and O–H groups in total. The summed E-state index contributed by atoms with van der Waals surface area (Å²) in [5, 5.41) is 16.6. The lowest BCUT2D eigenvalue weighted by atomic mass is 10.7. The molecule has 0 spiro atoms. The van der Waals surface area contributed by atoms with E-state index in [2.05, 4.69) is 4.74 Å². The summed E-state index contributed by atoms with van der Waals surface area (Å²) in [5.41, 5.74) is 0. The molecule has 12 heavy (non-hydrogen) atoms. The summed E-state index contributed by atoms with van der Waals surface area (Å²) in [6.07, 6.45) is -2.84. The molecule has 0 aliphatic rings. The fourth-order valence-electron chi connectivity index (χ4n) is 0.394. The zero-order valence-electron chi connectivity index (χ0n) is 5.95. The first-order valence-corrected chi connectivity index (χ1v) is 4.68. The van der Waals surface area contributed by atoms with Crippen LogP contribution in [0.2, 0.25) is 0 Å². The molecule has 0 aromatic rings. The predicted octanol–water partition coefficient (Wildman–Crippen LogP) is -1.98. The van der Waals surface area contributed by atoms with Gasteiger partial charge in [0, 0.05) is 0 Å². The standard InChI is InChI=1S/C4H9O7P/c5-1-3(6)11-4(7)2-12(8,9)10/h3,5-6H,1-2H2,(H2,8,9,10). The fraction of sp³-hybridized carbons (Fsp3) is 0.750. The number of aliphatic hydroxyl groups excluding tert-OH is 2. The Kier molecular flexibility index (Phi) is 4.36. The van der Waals surface area contributed by atoms with Crippen molar-refractivity contribution in [1.29, 1.82) is 0 Å². The van der Waals surface area contributed by atoms with Crippen LogP contribution in [-0.4, -0.2) is 45.0 Å². The Balaban J connectivity index is 3.83. The van der Waals surface area contributed by atoms with E-state index in [0.29, 0.717) is 0 Å². The number of ether oxygens (including phenoxy) is 1. The summed E-state index contributed by atoms with van der Waals surface area (Å²) in [5.74, 6) is -1.26. The fourth-order valence-corrected chi connectivity index (χ4v) is 0.805. The van der Waals surface area contributed by atoms with Gasteiger partial charge < -0.3 is 24.7 Å². The molecule has 1 atom stereocenters. The molecule has 0 fully saturated rings. The summed E-state index contributed by atoms with van der Waals surface area (Å²) < 4.78 is 14.1. The van der Waals surface area contributed by atoms with Crippen molar-refractivity contribution < 1.29 is 34.1 Å². The SMILES string of the molecule is O=C(CP(=O)(O)O)OC(O)CO. The highest BCUT2D eigenvalue weighted by Crippen LogP contribution is 2.33. The zero-order chi connectivity index (χ0) is 9.78. The first kappa shape index (κ1) is 11.5. The molecule has 0 rings (SSSR count). The van der Waals surface area contributed by atoms with Crippen molar-refractivity contribution in [2.24, 2.45) is 0 Å². The van der Waals surface area contributed by atoms with Crippen LogP contribution in [0.5, 0.6) is 0 Å². The quantitative estimate of drug-likeness (QED) is 0.235. The van der Waals surface area contributed by atoms with Crippen LogP contribution in [0.1, 0.15) is 0 Å². The zero-order valence-corrected chi connectivity index (χ0v) is 6.85. The smallest absolute Gasteiger partial charge is 0.336 e. The van der Waals surface area contributed by atoms with Gasteiger partial charge in [-0.2, -0.15) is 0 Å². The van der Waals surface area contributed by atoms with Gasteiger partial charge >= 0.3 is 13.6 Å². The van der Waals surface area contributed by atoms with E-state index in [-0.39, 0.29) is 0 Å². The van der Waals surface area contributed by atoms with E-state index in [1.54, 1.807) is 0 Å². The van der Waals surface area contributed by atoms with Gasteiger partial charge in [-0.05, 0) is 0 Å². The third kappa shape index (κ3) is 6.26. The normalized spacial score (nSPS) is 14.0. The van der Waals surface area contributed by atoms with Crippen molar-refractivity contribution in [1.82, 2.24) is 0 Å². The Morgan fingerprint density at radius 1 is 1.50 bits per heavy atom. The number of rotatable bonds is 4. The first-order chi connectivity index (χ1) is 5.35. The molecule has 1 unspecified atom stereocenters. The Hall–Kier alpha value is -0.460. The third-order valence-corrected chi connectivity index (χ3v) is 1.43. The lowest BCUT2D eigenvalue weighted by Gasteiger charge is -2.08. The minimum Gasteiger partial charge on any atom is -0.433 e. The van der Waals surface area contributed by atoms with E-state index in [1.165, 1.54) is 0 Å². The Morgan fingerprint density at radius 3 is 2.33 bits per heavy atom. The van der Waals surface area contributed by atoms with E-state index in [0.717, 1.165) is 0 Å². The number of aliphatic hydroxyl groups is 2. The molecule has 0 bridgehead atoms. The number of hydrogen-bond donors (Lipinski definition) is 4. The average Bonchev–Trinajstić information content (AvgIpc) is 1.82. The van der Waals surface area contributed by atoms with Crippen molar-refractivity contribution >= 4 is 13.6 Å². The highest BCUT2D eigenvalue weighted by Gasteiger charge is 2.21. The summed E-state index contributed by atoms with van der Waals surface area (Å²) in [6, 6.07) is 0. The minimum absolute atomic E-state index is 0.813. The molecule has 7 nitrogen and oxygen atoms in total. The topological polar surface area (TPSA) is 124 Å². The second kappa shape index (κ2) is 4.54. The first-order valence-electron chi connectivity index (χ1n) is 2.88. The molecule has 0 saturated carbocycles. The molecule has 0 aromatic heterocycles. The second-order valence-corrected chi connectivity index (χ2v) is 3.60. The van der Waals surface area contributed by atoms with Gasteiger partial charge in [0.05, 0.1) is 0 Å². The van der Waals surface area contributed by atoms with Gasteiger partial charge in [0.2, 0.25) is 6.29 Å². The molecule has 0 amide bonds. The highest BCUT2D eigenvalue weighted by atomic mass is 31.2. The molecule has 8 heteroatoms. The largest absolute Gasteiger partial charge is 0.433 e.